The van der Waals surface area contributed by atoms with E-state index in [9.17, 15) is 4.79 Å². The third-order valence-corrected chi connectivity index (χ3v) is 5.44. The number of benzene rings is 2. The second-order valence-electron chi connectivity index (χ2n) is 7.63. The minimum Gasteiger partial charge on any atom is -0.396 e. The number of aliphatic hydroxyl groups excluding tert-OH is 1. The minimum atomic E-state index is -0.242. The van der Waals surface area contributed by atoms with Crippen LogP contribution in [0.5, 0.6) is 0 Å². The van der Waals surface area contributed by atoms with Gasteiger partial charge in [-0.2, -0.15) is 0 Å². The lowest BCUT2D eigenvalue weighted by Crippen LogP contribution is -2.36. The third-order valence-electron chi connectivity index (χ3n) is 5.44. The lowest BCUT2D eigenvalue weighted by Gasteiger charge is -2.32. The highest BCUT2D eigenvalue weighted by Gasteiger charge is 2.23. The number of hydrogen-bond acceptors (Lipinski definition) is 5. The molecule has 2 aromatic carbocycles. The first-order valence-corrected chi connectivity index (χ1v) is 10.2. The molecule has 152 valence electrons. The molecule has 1 aliphatic rings. The highest BCUT2D eigenvalue weighted by molar-refractivity contribution is 5.91. The van der Waals surface area contributed by atoms with E-state index in [4.69, 9.17) is 5.11 Å². The predicted molar refractivity (Wildman–Crippen MR) is 112 cm³/mol. The Kier molecular flexibility index (Phi) is 6.17. The van der Waals surface area contributed by atoms with Crippen LogP contribution in [0.4, 0.5) is 0 Å². The van der Waals surface area contributed by atoms with E-state index in [1.165, 1.54) is 16.3 Å². The molecule has 3 aromatic rings. The van der Waals surface area contributed by atoms with Crippen LogP contribution in [-0.2, 0) is 6.54 Å². The van der Waals surface area contributed by atoms with Crippen LogP contribution in [-0.4, -0.2) is 57.1 Å². The summed E-state index contributed by atoms with van der Waals surface area (Å²) in [5.41, 5.74) is 1.64. The number of carbonyl (C=O) groups is 1. The molecular weight excluding hydrogens is 366 g/mol. The molecule has 2 N–H and O–H groups in total. The van der Waals surface area contributed by atoms with Crippen LogP contribution in [0.2, 0.25) is 0 Å². The van der Waals surface area contributed by atoms with Crippen LogP contribution in [0.25, 0.3) is 10.8 Å². The number of nitrogens with zero attached hydrogens (tertiary/aromatic N) is 4. The van der Waals surface area contributed by atoms with Crippen molar-refractivity contribution in [3.8, 4) is 0 Å². The number of rotatable bonds is 7. The van der Waals surface area contributed by atoms with Gasteiger partial charge in [0, 0.05) is 26.2 Å². The van der Waals surface area contributed by atoms with Crippen molar-refractivity contribution in [2.75, 3.05) is 26.2 Å². The molecule has 0 spiro atoms. The normalized spacial score (nSPS) is 17.5. The Morgan fingerprint density at radius 1 is 1.21 bits per heavy atom. The lowest BCUT2D eigenvalue weighted by molar-refractivity contribution is 0.0946. The summed E-state index contributed by atoms with van der Waals surface area (Å²) >= 11 is 0. The molecule has 0 bridgehead atoms. The fourth-order valence-electron chi connectivity index (χ4n) is 3.92. The Morgan fingerprint density at radius 3 is 2.93 bits per heavy atom. The van der Waals surface area contributed by atoms with Gasteiger partial charge in [0.15, 0.2) is 5.69 Å². The van der Waals surface area contributed by atoms with E-state index in [1.54, 1.807) is 6.20 Å². The Labute approximate surface area is 170 Å². The van der Waals surface area contributed by atoms with E-state index in [-0.39, 0.29) is 18.6 Å². The maximum atomic E-state index is 12.1. The van der Waals surface area contributed by atoms with Crippen LogP contribution in [0.3, 0.4) is 0 Å². The molecule has 7 nitrogen and oxygen atoms in total. The average molecular weight is 393 g/mol. The van der Waals surface area contributed by atoms with E-state index in [1.807, 2.05) is 4.68 Å². The van der Waals surface area contributed by atoms with Crippen LogP contribution < -0.4 is 5.32 Å². The summed E-state index contributed by atoms with van der Waals surface area (Å²) in [7, 11) is 0. The first-order chi connectivity index (χ1) is 14.2. The molecule has 7 heteroatoms. The van der Waals surface area contributed by atoms with Crippen LogP contribution in [0.1, 0.15) is 41.4 Å². The number of hydrogen-bond donors (Lipinski definition) is 2. The molecule has 0 aliphatic carbocycles. The van der Waals surface area contributed by atoms with Crippen molar-refractivity contribution < 1.29 is 9.90 Å². The maximum absolute atomic E-state index is 12.1. The Hall–Kier alpha value is -2.77. The van der Waals surface area contributed by atoms with Gasteiger partial charge in [-0.25, -0.2) is 4.68 Å². The van der Waals surface area contributed by atoms with Gasteiger partial charge in [-0.1, -0.05) is 41.6 Å². The molecule has 0 radical (unpaired) electrons. The molecule has 1 fully saturated rings. The number of nitrogens with one attached hydrogen (secondary N) is 1. The zero-order valence-electron chi connectivity index (χ0n) is 16.5. The van der Waals surface area contributed by atoms with Crippen molar-refractivity contribution in [3.63, 3.8) is 0 Å². The van der Waals surface area contributed by atoms with Gasteiger partial charge < -0.3 is 10.4 Å². The summed E-state index contributed by atoms with van der Waals surface area (Å²) in [6, 6.07) is 15.3. The quantitative estimate of drug-likeness (QED) is 0.602. The third kappa shape index (κ3) is 4.81. The van der Waals surface area contributed by atoms with Crippen molar-refractivity contribution >= 4 is 16.7 Å². The molecule has 2 heterocycles. The molecule has 1 saturated heterocycles. The Balaban J connectivity index is 1.38. The van der Waals surface area contributed by atoms with Gasteiger partial charge in [0.05, 0.1) is 12.2 Å². The highest BCUT2D eigenvalue weighted by Crippen LogP contribution is 2.23. The predicted octanol–water partition coefficient (Wildman–Crippen LogP) is 2.38. The summed E-state index contributed by atoms with van der Waals surface area (Å²) in [5.74, 6) is -0.242. The van der Waals surface area contributed by atoms with Crippen LogP contribution in [0.15, 0.2) is 48.7 Å². The first-order valence-electron chi connectivity index (χ1n) is 10.2. The molecule has 1 aromatic heterocycles. The molecule has 0 saturated carbocycles. The van der Waals surface area contributed by atoms with E-state index in [0.717, 1.165) is 32.5 Å². The number of likely N-dealkylation sites (tertiary alicyclic amines) is 1. The minimum absolute atomic E-state index is 0.0576. The van der Waals surface area contributed by atoms with Crippen LogP contribution >= 0.6 is 0 Å². The average Bonchev–Trinajstić information content (AvgIpc) is 3.24. The number of fused-ring (bicyclic) bond motifs is 1. The fraction of sp³-hybridized carbons (Fsp3) is 0.409. The van der Waals surface area contributed by atoms with Gasteiger partial charge in [-0.3, -0.25) is 9.69 Å². The standard InChI is InChI=1S/C22H27N5O2/c28-12-4-10-23-22(29)21-16-27(25-24-21)20-7-3-11-26(15-20)14-17-8-9-18-5-1-2-6-19(18)13-17/h1-2,5-6,8-9,13,16,20,28H,3-4,7,10-12,14-15H2,(H,23,29)/t20-/m1/s1. The van der Waals surface area contributed by atoms with Crippen LogP contribution in [0, 0.1) is 0 Å². The SMILES string of the molecule is O=C(NCCCO)c1cn([C@@H]2CCCN(Cc3ccc4ccccc4c3)C2)nn1. The molecule has 1 aliphatic heterocycles. The van der Waals surface area contributed by atoms with E-state index >= 15 is 0 Å². The molecule has 29 heavy (non-hydrogen) atoms. The van der Waals surface area contributed by atoms with Crippen molar-refractivity contribution in [3.05, 3.63) is 59.9 Å². The van der Waals surface area contributed by atoms with Crippen molar-refractivity contribution in [1.82, 2.24) is 25.2 Å². The Bertz CT molecular complexity index is 971. The topological polar surface area (TPSA) is 83.3 Å². The maximum Gasteiger partial charge on any atom is 0.273 e. The van der Waals surface area contributed by atoms with Gasteiger partial charge in [-0.15, -0.1) is 5.10 Å². The molecular formula is C22H27N5O2. The zero-order chi connectivity index (χ0) is 20.1. The second kappa shape index (κ2) is 9.15. The van der Waals surface area contributed by atoms with E-state index in [2.05, 4.69) is 63.0 Å². The first kappa shape index (κ1) is 19.5. The smallest absolute Gasteiger partial charge is 0.273 e. The number of aromatic nitrogens is 3. The number of amides is 1. The van der Waals surface area contributed by atoms with Gasteiger partial charge >= 0.3 is 0 Å². The van der Waals surface area contributed by atoms with Gasteiger partial charge in [0.25, 0.3) is 5.91 Å². The molecule has 1 atom stereocenters. The summed E-state index contributed by atoms with van der Waals surface area (Å²) in [5, 5.41) is 22.3. The molecule has 0 unspecified atom stereocenters. The van der Waals surface area contributed by atoms with Crippen molar-refractivity contribution in [2.45, 2.75) is 31.8 Å². The number of carbonyl (C=O) groups excluding carboxylic acids is 1. The largest absolute Gasteiger partial charge is 0.396 e. The van der Waals surface area contributed by atoms with E-state index < -0.39 is 0 Å². The molecule has 4 rings (SSSR count). The lowest BCUT2D eigenvalue weighted by atomic mass is 10.0. The highest BCUT2D eigenvalue weighted by atomic mass is 16.3. The van der Waals surface area contributed by atoms with E-state index in [0.29, 0.717) is 18.7 Å². The number of piperidine rings is 1. The summed E-state index contributed by atoms with van der Waals surface area (Å²) in [6.45, 7) is 3.35. The zero-order valence-corrected chi connectivity index (χ0v) is 16.5. The van der Waals surface area contributed by atoms with Gasteiger partial charge in [0.2, 0.25) is 0 Å². The molecule has 1 amide bonds. The Morgan fingerprint density at radius 2 is 2.07 bits per heavy atom. The second-order valence-corrected chi connectivity index (χ2v) is 7.63. The van der Waals surface area contributed by atoms with Gasteiger partial charge in [-0.05, 0) is 48.2 Å². The number of aliphatic hydroxyl groups is 1. The van der Waals surface area contributed by atoms with Crippen molar-refractivity contribution in [2.24, 2.45) is 0 Å². The monoisotopic (exact) mass is 393 g/mol. The fourth-order valence-corrected chi connectivity index (χ4v) is 3.92. The summed E-state index contributed by atoms with van der Waals surface area (Å²) < 4.78 is 1.83. The van der Waals surface area contributed by atoms with Gasteiger partial charge in [0.1, 0.15) is 0 Å². The summed E-state index contributed by atoms with van der Waals surface area (Å²) in [6.07, 6.45) is 4.39. The van der Waals surface area contributed by atoms with Crippen molar-refractivity contribution in [1.29, 1.82) is 0 Å². The summed E-state index contributed by atoms with van der Waals surface area (Å²) in [4.78, 5) is 14.6.